The van der Waals surface area contributed by atoms with Gasteiger partial charge in [-0.05, 0) is 18.2 Å². The van der Waals surface area contributed by atoms with Crippen LogP contribution in [0, 0.1) is 0 Å². The zero-order valence-corrected chi connectivity index (χ0v) is 9.50. The molecule has 0 aliphatic carbocycles. The molecule has 1 aromatic heterocycles. The number of ether oxygens (including phenoxy) is 2. The van der Waals surface area contributed by atoms with E-state index in [-0.39, 0.29) is 0 Å². The van der Waals surface area contributed by atoms with Crippen LogP contribution in [-0.2, 0) is 6.61 Å². The maximum atomic E-state index is 5.71. The van der Waals surface area contributed by atoms with E-state index in [1.807, 2.05) is 18.2 Å². The Morgan fingerprint density at radius 3 is 3.19 bits per heavy atom. The smallest absolute Gasteiger partial charge is 0.180 e. The van der Waals surface area contributed by atoms with Crippen molar-refractivity contribution in [3.05, 3.63) is 23.1 Å². The Morgan fingerprint density at radius 2 is 2.38 bits per heavy atom. The molecule has 0 radical (unpaired) electrons. The Kier molecular flexibility index (Phi) is 2.00. The van der Waals surface area contributed by atoms with E-state index in [2.05, 4.69) is 4.98 Å². The van der Waals surface area contributed by atoms with Crippen molar-refractivity contribution in [2.24, 2.45) is 0 Å². The molecule has 3 rings (SSSR count). The molecule has 1 aliphatic heterocycles. The zero-order valence-electron chi connectivity index (χ0n) is 8.69. The summed E-state index contributed by atoms with van der Waals surface area (Å²) in [7, 11) is 1.64. The number of thiazole rings is 1. The van der Waals surface area contributed by atoms with Crippen molar-refractivity contribution in [1.29, 1.82) is 0 Å². The summed E-state index contributed by atoms with van der Waals surface area (Å²) in [5.41, 5.74) is 7.58. The lowest BCUT2D eigenvalue weighted by Gasteiger charge is -2.16. The lowest BCUT2D eigenvalue weighted by atomic mass is 10.1. The Bertz CT molecular complexity index is 551. The van der Waals surface area contributed by atoms with Crippen molar-refractivity contribution in [3.8, 4) is 22.8 Å². The first kappa shape index (κ1) is 9.47. The van der Waals surface area contributed by atoms with Crippen LogP contribution in [0.25, 0.3) is 11.3 Å². The maximum absolute atomic E-state index is 5.71. The molecule has 1 aliphatic rings. The van der Waals surface area contributed by atoms with Crippen molar-refractivity contribution >= 4 is 16.5 Å². The molecule has 4 nitrogen and oxygen atoms in total. The molecular weight excluding hydrogens is 224 g/mol. The largest absolute Gasteiger partial charge is 0.497 e. The van der Waals surface area contributed by atoms with Gasteiger partial charge in [0.05, 0.1) is 17.7 Å². The van der Waals surface area contributed by atoms with Gasteiger partial charge < -0.3 is 15.2 Å². The molecule has 0 fully saturated rings. The molecule has 1 aromatic carbocycles. The summed E-state index contributed by atoms with van der Waals surface area (Å²) in [5, 5.41) is 0.573. The molecule has 16 heavy (non-hydrogen) atoms. The average Bonchev–Trinajstić information content (AvgIpc) is 2.69. The number of rotatable bonds is 1. The number of hydrogen-bond donors (Lipinski definition) is 1. The van der Waals surface area contributed by atoms with Crippen molar-refractivity contribution in [2.75, 3.05) is 12.8 Å². The van der Waals surface area contributed by atoms with Gasteiger partial charge in [-0.1, -0.05) is 11.3 Å². The first-order valence-corrected chi connectivity index (χ1v) is 5.66. The molecule has 2 N–H and O–H groups in total. The normalized spacial score (nSPS) is 12.6. The standard InChI is InChI=1S/C11H10N2O2S/c1-14-6-2-3-8-7(4-6)10-9(5-15-8)16-11(12)13-10/h2-4H,5H2,1H3,(H2,12,13). The molecule has 0 atom stereocenters. The van der Waals surface area contributed by atoms with Crippen LogP contribution in [0.15, 0.2) is 18.2 Å². The Morgan fingerprint density at radius 1 is 1.50 bits per heavy atom. The monoisotopic (exact) mass is 234 g/mol. The van der Waals surface area contributed by atoms with E-state index >= 15 is 0 Å². The highest BCUT2D eigenvalue weighted by atomic mass is 32.1. The highest BCUT2D eigenvalue weighted by molar-refractivity contribution is 7.15. The zero-order chi connectivity index (χ0) is 11.1. The lowest BCUT2D eigenvalue weighted by Crippen LogP contribution is -2.03. The van der Waals surface area contributed by atoms with Gasteiger partial charge in [-0.2, -0.15) is 0 Å². The second kappa shape index (κ2) is 3.38. The molecule has 0 amide bonds. The predicted octanol–water partition coefficient (Wildman–Crippen LogP) is 2.29. The summed E-state index contributed by atoms with van der Waals surface area (Å²) in [6.45, 7) is 0.545. The van der Waals surface area contributed by atoms with Crippen LogP contribution in [-0.4, -0.2) is 12.1 Å². The number of aromatic nitrogens is 1. The highest BCUT2D eigenvalue weighted by Gasteiger charge is 2.21. The van der Waals surface area contributed by atoms with Crippen LogP contribution in [0.1, 0.15) is 4.88 Å². The molecular formula is C11H10N2O2S. The molecule has 5 heteroatoms. The Hall–Kier alpha value is -1.75. The van der Waals surface area contributed by atoms with E-state index in [1.165, 1.54) is 11.3 Å². The van der Waals surface area contributed by atoms with E-state index in [0.717, 1.165) is 27.6 Å². The molecule has 0 saturated heterocycles. The van der Waals surface area contributed by atoms with Crippen LogP contribution >= 0.6 is 11.3 Å². The van der Waals surface area contributed by atoms with Crippen LogP contribution in [0.3, 0.4) is 0 Å². The maximum Gasteiger partial charge on any atom is 0.180 e. The number of fused-ring (bicyclic) bond motifs is 3. The van der Waals surface area contributed by atoms with Gasteiger partial charge in [0, 0.05) is 5.56 Å². The van der Waals surface area contributed by atoms with Gasteiger partial charge >= 0.3 is 0 Å². The van der Waals surface area contributed by atoms with Crippen molar-refractivity contribution in [2.45, 2.75) is 6.61 Å². The fraction of sp³-hybridized carbons (Fsp3) is 0.182. The minimum absolute atomic E-state index is 0.545. The summed E-state index contributed by atoms with van der Waals surface area (Å²) >= 11 is 1.47. The first-order valence-electron chi connectivity index (χ1n) is 4.84. The van der Waals surface area contributed by atoms with Gasteiger partial charge in [-0.3, -0.25) is 0 Å². The molecule has 0 saturated carbocycles. The quantitative estimate of drug-likeness (QED) is 0.822. The number of nitrogens with two attached hydrogens (primary N) is 1. The van der Waals surface area contributed by atoms with Crippen molar-refractivity contribution < 1.29 is 9.47 Å². The van der Waals surface area contributed by atoms with E-state index in [4.69, 9.17) is 15.2 Å². The summed E-state index contributed by atoms with van der Waals surface area (Å²) in [5.74, 6) is 1.63. The minimum atomic E-state index is 0.545. The fourth-order valence-electron chi connectivity index (χ4n) is 1.77. The number of nitrogen functional groups attached to an aromatic ring is 1. The van der Waals surface area contributed by atoms with Crippen LogP contribution < -0.4 is 15.2 Å². The number of nitrogens with zero attached hydrogens (tertiary/aromatic N) is 1. The molecule has 0 spiro atoms. The molecule has 0 unspecified atom stereocenters. The van der Waals surface area contributed by atoms with Gasteiger partial charge in [-0.25, -0.2) is 4.98 Å². The van der Waals surface area contributed by atoms with Crippen LogP contribution in [0.4, 0.5) is 5.13 Å². The highest BCUT2D eigenvalue weighted by Crippen LogP contribution is 2.41. The third kappa shape index (κ3) is 1.32. The third-order valence-corrected chi connectivity index (χ3v) is 3.37. The third-order valence-electron chi connectivity index (χ3n) is 2.51. The Balaban J connectivity index is 2.21. The SMILES string of the molecule is COc1ccc2c(c1)-c1nc(N)sc1CO2. The summed E-state index contributed by atoms with van der Waals surface area (Å²) < 4.78 is 10.8. The summed E-state index contributed by atoms with van der Waals surface area (Å²) in [4.78, 5) is 5.40. The first-order chi connectivity index (χ1) is 7.78. The van der Waals surface area contributed by atoms with Gasteiger partial charge in [0.1, 0.15) is 18.1 Å². The van der Waals surface area contributed by atoms with Crippen molar-refractivity contribution in [1.82, 2.24) is 4.98 Å². The van der Waals surface area contributed by atoms with Gasteiger partial charge in [-0.15, -0.1) is 0 Å². The van der Waals surface area contributed by atoms with E-state index < -0.39 is 0 Å². The van der Waals surface area contributed by atoms with E-state index in [9.17, 15) is 0 Å². The average molecular weight is 234 g/mol. The van der Waals surface area contributed by atoms with E-state index in [0.29, 0.717) is 11.7 Å². The number of anilines is 1. The number of benzene rings is 1. The van der Waals surface area contributed by atoms with Gasteiger partial charge in [0.25, 0.3) is 0 Å². The summed E-state index contributed by atoms with van der Waals surface area (Å²) in [6.07, 6.45) is 0. The Labute approximate surface area is 96.6 Å². The molecule has 82 valence electrons. The molecule has 0 bridgehead atoms. The number of hydrogen-bond acceptors (Lipinski definition) is 5. The minimum Gasteiger partial charge on any atom is -0.497 e. The van der Waals surface area contributed by atoms with Gasteiger partial charge in [0.15, 0.2) is 5.13 Å². The van der Waals surface area contributed by atoms with Crippen molar-refractivity contribution in [3.63, 3.8) is 0 Å². The molecule has 2 aromatic rings. The topological polar surface area (TPSA) is 57.4 Å². The van der Waals surface area contributed by atoms with Crippen LogP contribution in [0.2, 0.25) is 0 Å². The number of methoxy groups -OCH3 is 1. The fourth-order valence-corrected chi connectivity index (χ4v) is 2.53. The second-order valence-electron chi connectivity index (χ2n) is 3.47. The molecule has 2 heterocycles. The van der Waals surface area contributed by atoms with E-state index in [1.54, 1.807) is 7.11 Å². The van der Waals surface area contributed by atoms with Crippen LogP contribution in [0.5, 0.6) is 11.5 Å². The lowest BCUT2D eigenvalue weighted by molar-refractivity contribution is 0.305. The second-order valence-corrected chi connectivity index (χ2v) is 4.59. The predicted molar refractivity (Wildman–Crippen MR) is 62.8 cm³/mol. The van der Waals surface area contributed by atoms with Gasteiger partial charge in [0.2, 0.25) is 0 Å². The summed E-state index contributed by atoms with van der Waals surface area (Å²) in [6, 6.07) is 5.69.